The molecule has 0 aliphatic heterocycles. The van der Waals surface area contributed by atoms with Gasteiger partial charge in [-0.2, -0.15) is 0 Å². The predicted octanol–water partition coefficient (Wildman–Crippen LogP) is 4.24. The highest BCUT2D eigenvalue weighted by molar-refractivity contribution is 9.10. The summed E-state index contributed by atoms with van der Waals surface area (Å²) >= 11 is 3.37. The van der Waals surface area contributed by atoms with Gasteiger partial charge in [0.2, 0.25) is 0 Å². The van der Waals surface area contributed by atoms with E-state index >= 15 is 0 Å². The molecule has 0 unspecified atom stereocenters. The number of aryl methyl sites for hydroxylation is 1. The number of halogens is 1. The fourth-order valence-electron chi connectivity index (χ4n) is 2.94. The monoisotopic (exact) mass is 476 g/mol. The second kappa shape index (κ2) is 8.88. The van der Waals surface area contributed by atoms with Crippen LogP contribution in [0.5, 0.6) is 0 Å². The average molecular weight is 477 g/mol. The van der Waals surface area contributed by atoms with Crippen LogP contribution in [0.3, 0.4) is 0 Å². The van der Waals surface area contributed by atoms with Crippen LogP contribution in [0.1, 0.15) is 26.4 Å². The van der Waals surface area contributed by atoms with Gasteiger partial charge < -0.3 is 10.6 Å². The van der Waals surface area contributed by atoms with Gasteiger partial charge in [0.25, 0.3) is 11.8 Å². The standard InChI is InChI=1S/C22H17BrN6O2/c1-14-5-2-3-8-17(14)21(30)26-15-6-4-7-16(11-15)27-22(31)20-18(23)9-10-19(28-20)29-12-24-25-13-29/h2-13H,1H3,(H,26,30)(H,27,31). The molecule has 31 heavy (non-hydrogen) atoms. The van der Waals surface area contributed by atoms with Gasteiger partial charge in [0.15, 0.2) is 0 Å². The third kappa shape index (κ3) is 4.67. The summed E-state index contributed by atoms with van der Waals surface area (Å²) in [5.74, 6) is -0.102. The quantitative estimate of drug-likeness (QED) is 0.448. The van der Waals surface area contributed by atoms with Crippen molar-refractivity contribution in [1.29, 1.82) is 0 Å². The van der Waals surface area contributed by atoms with E-state index in [4.69, 9.17) is 0 Å². The molecule has 0 radical (unpaired) electrons. The van der Waals surface area contributed by atoms with Gasteiger partial charge in [-0.3, -0.25) is 14.2 Å². The molecule has 2 amide bonds. The molecule has 0 aliphatic carbocycles. The van der Waals surface area contributed by atoms with Crippen LogP contribution < -0.4 is 10.6 Å². The number of pyridine rings is 1. The highest BCUT2D eigenvalue weighted by Crippen LogP contribution is 2.21. The van der Waals surface area contributed by atoms with Gasteiger partial charge in [0, 0.05) is 21.4 Å². The number of nitrogens with zero attached hydrogens (tertiary/aromatic N) is 4. The SMILES string of the molecule is Cc1ccccc1C(=O)Nc1cccc(NC(=O)c2nc(-n3cnnc3)ccc2Br)c1. The molecule has 2 heterocycles. The lowest BCUT2D eigenvalue weighted by molar-refractivity contribution is 0.101. The highest BCUT2D eigenvalue weighted by atomic mass is 79.9. The molecule has 2 aromatic carbocycles. The van der Waals surface area contributed by atoms with Gasteiger partial charge in [-0.05, 0) is 64.8 Å². The lowest BCUT2D eigenvalue weighted by Gasteiger charge is -2.11. The minimum atomic E-state index is -0.399. The number of hydrogen-bond donors (Lipinski definition) is 2. The third-order valence-corrected chi connectivity index (χ3v) is 5.14. The van der Waals surface area contributed by atoms with Crippen LogP contribution in [-0.2, 0) is 0 Å². The molecule has 4 aromatic rings. The number of carbonyl (C=O) groups excluding carboxylic acids is 2. The van der Waals surface area contributed by atoms with Gasteiger partial charge in [-0.15, -0.1) is 10.2 Å². The fraction of sp³-hybridized carbons (Fsp3) is 0.0455. The summed E-state index contributed by atoms with van der Waals surface area (Å²) in [6.45, 7) is 1.88. The van der Waals surface area contributed by atoms with Crippen molar-refractivity contribution in [2.45, 2.75) is 6.92 Å². The van der Waals surface area contributed by atoms with E-state index in [0.717, 1.165) is 5.56 Å². The molecule has 0 saturated carbocycles. The first-order valence-electron chi connectivity index (χ1n) is 9.31. The Morgan fingerprint density at radius 1 is 0.871 bits per heavy atom. The smallest absolute Gasteiger partial charge is 0.275 e. The van der Waals surface area contributed by atoms with Crippen molar-refractivity contribution in [2.24, 2.45) is 0 Å². The van der Waals surface area contributed by atoms with E-state index in [1.807, 2.05) is 25.1 Å². The van der Waals surface area contributed by atoms with Crippen LogP contribution in [0.4, 0.5) is 11.4 Å². The zero-order chi connectivity index (χ0) is 21.8. The zero-order valence-electron chi connectivity index (χ0n) is 16.4. The van der Waals surface area contributed by atoms with Gasteiger partial charge in [0.05, 0.1) is 0 Å². The number of aromatic nitrogens is 4. The molecule has 2 aromatic heterocycles. The maximum atomic E-state index is 12.8. The van der Waals surface area contributed by atoms with E-state index in [1.54, 1.807) is 47.0 Å². The summed E-state index contributed by atoms with van der Waals surface area (Å²) < 4.78 is 2.15. The summed E-state index contributed by atoms with van der Waals surface area (Å²) in [5.41, 5.74) is 2.78. The molecule has 8 nitrogen and oxygen atoms in total. The van der Waals surface area contributed by atoms with E-state index in [1.165, 1.54) is 12.7 Å². The third-order valence-electron chi connectivity index (χ3n) is 4.50. The van der Waals surface area contributed by atoms with E-state index in [9.17, 15) is 9.59 Å². The number of amides is 2. The summed E-state index contributed by atoms with van der Waals surface area (Å²) in [4.78, 5) is 29.8. The molecule has 9 heteroatoms. The number of anilines is 2. The Labute approximate surface area is 186 Å². The predicted molar refractivity (Wildman–Crippen MR) is 120 cm³/mol. The normalized spacial score (nSPS) is 10.5. The molecule has 0 fully saturated rings. The summed E-state index contributed by atoms with van der Waals surface area (Å²) in [5, 5.41) is 13.2. The number of nitrogens with one attached hydrogen (secondary N) is 2. The Morgan fingerprint density at radius 3 is 2.26 bits per heavy atom. The van der Waals surface area contributed by atoms with Crippen LogP contribution in [0.2, 0.25) is 0 Å². The Bertz CT molecular complexity index is 1260. The van der Waals surface area contributed by atoms with Crippen molar-refractivity contribution < 1.29 is 9.59 Å². The first kappa shape index (κ1) is 20.4. The first-order chi connectivity index (χ1) is 15.0. The first-order valence-corrected chi connectivity index (χ1v) is 10.1. The average Bonchev–Trinajstić information content (AvgIpc) is 3.29. The number of hydrogen-bond acceptors (Lipinski definition) is 5. The Morgan fingerprint density at radius 2 is 1.55 bits per heavy atom. The van der Waals surface area contributed by atoms with Crippen molar-refractivity contribution in [1.82, 2.24) is 19.7 Å². The Kier molecular flexibility index (Phi) is 5.85. The van der Waals surface area contributed by atoms with E-state index in [-0.39, 0.29) is 11.6 Å². The minimum absolute atomic E-state index is 0.209. The molecular formula is C22H17BrN6O2. The molecule has 0 aliphatic rings. The van der Waals surface area contributed by atoms with Gasteiger partial charge in [-0.25, -0.2) is 4.98 Å². The highest BCUT2D eigenvalue weighted by Gasteiger charge is 2.15. The fourth-order valence-corrected chi connectivity index (χ4v) is 3.35. The molecule has 0 spiro atoms. The molecule has 154 valence electrons. The van der Waals surface area contributed by atoms with E-state index in [2.05, 4.69) is 41.7 Å². The van der Waals surface area contributed by atoms with Crippen molar-refractivity contribution in [2.75, 3.05) is 10.6 Å². The second-order valence-electron chi connectivity index (χ2n) is 6.67. The molecule has 0 atom stereocenters. The Balaban J connectivity index is 1.52. The largest absolute Gasteiger partial charge is 0.322 e. The van der Waals surface area contributed by atoms with Gasteiger partial charge >= 0.3 is 0 Å². The molecular weight excluding hydrogens is 460 g/mol. The van der Waals surface area contributed by atoms with Crippen LogP contribution in [0, 0.1) is 6.92 Å². The lowest BCUT2D eigenvalue weighted by atomic mass is 10.1. The molecule has 0 bridgehead atoms. The van der Waals surface area contributed by atoms with Crippen molar-refractivity contribution >= 4 is 39.1 Å². The van der Waals surface area contributed by atoms with E-state index in [0.29, 0.717) is 27.2 Å². The molecule has 4 rings (SSSR count). The van der Waals surface area contributed by atoms with Gasteiger partial charge in [-0.1, -0.05) is 24.3 Å². The molecule has 2 N–H and O–H groups in total. The zero-order valence-corrected chi connectivity index (χ0v) is 18.0. The van der Waals surface area contributed by atoms with Crippen LogP contribution in [0.15, 0.2) is 77.8 Å². The van der Waals surface area contributed by atoms with Crippen LogP contribution >= 0.6 is 15.9 Å². The summed E-state index contributed by atoms with van der Waals surface area (Å²) in [7, 11) is 0. The maximum Gasteiger partial charge on any atom is 0.275 e. The van der Waals surface area contributed by atoms with Gasteiger partial charge in [0.1, 0.15) is 24.2 Å². The van der Waals surface area contributed by atoms with Crippen molar-refractivity contribution in [3.05, 3.63) is 94.6 Å². The number of benzene rings is 2. The molecule has 0 saturated heterocycles. The Hall–Kier alpha value is -3.85. The number of rotatable bonds is 5. The topological polar surface area (TPSA) is 102 Å². The maximum absolute atomic E-state index is 12.8. The minimum Gasteiger partial charge on any atom is -0.322 e. The van der Waals surface area contributed by atoms with Crippen molar-refractivity contribution in [3.8, 4) is 5.82 Å². The van der Waals surface area contributed by atoms with Crippen molar-refractivity contribution in [3.63, 3.8) is 0 Å². The second-order valence-corrected chi connectivity index (χ2v) is 7.53. The van der Waals surface area contributed by atoms with E-state index < -0.39 is 5.91 Å². The summed E-state index contributed by atoms with van der Waals surface area (Å²) in [6, 6.07) is 17.7. The van der Waals surface area contributed by atoms with Crippen LogP contribution in [-0.4, -0.2) is 31.6 Å². The summed E-state index contributed by atoms with van der Waals surface area (Å²) in [6.07, 6.45) is 3.00. The lowest BCUT2D eigenvalue weighted by Crippen LogP contribution is -2.16. The van der Waals surface area contributed by atoms with Crippen LogP contribution in [0.25, 0.3) is 5.82 Å². The number of carbonyl (C=O) groups is 2.